The molecule has 204 valence electrons. The van der Waals surface area contributed by atoms with Crippen LogP contribution in [-0.4, -0.2) is 65.9 Å². The molecular weight excluding hydrogens is 504 g/mol. The van der Waals surface area contributed by atoms with Crippen molar-refractivity contribution in [3.63, 3.8) is 0 Å². The van der Waals surface area contributed by atoms with Crippen molar-refractivity contribution in [2.24, 2.45) is 0 Å². The van der Waals surface area contributed by atoms with Gasteiger partial charge in [-0.05, 0) is 80.9 Å². The lowest BCUT2D eigenvalue weighted by Gasteiger charge is -2.27. The number of aliphatic hydroxyl groups excluding tert-OH is 1. The summed E-state index contributed by atoms with van der Waals surface area (Å²) in [4.78, 5) is 42.4. The van der Waals surface area contributed by atoms with Crippen LogP contribution < -0.4 is 0 Å². The topological polar surface area (TPSA) is 87.2 Å². The lowest BCUT2D eigenvalue weighted by Crippen LogP contribution is -2.34. The molecule has 1 aliphatic rings. The quantitative estimate of drug-likeness (QED) is 0.149. The van der Waals surface area contributed by atoms with Gasteiger partial charge in [-0.2, -0.15) is 0 Å². The molecule has 1 N–H and O–H groups in total. The number of ether oxygens (including phenoxy) is 1. The molecule has 1 saturated heterocycles. The number of aliphatic hydroxyl groups is 1. The second kappa shape index (κ2) is 14.1. The maximum absolute atomic E-state index is 13.3. The van der Waals surface area contributed by atoms with Crippen LogP contribution >= 0.6 is 11.6 Å². The first-order chi connectivity index (χ1) is 18.3. The molecule has 38 heavy (non-hydrogen) atoms. The Kier molecular flexibility index (Phi) is 10.9. The van der Waals surface area contributed by atoms with Crippen LogP contribution in [0.4, 0.5) is 0 Å². The zero-order chi connectivity index (χ0) is 27.7. The Labute approximate surface area is 230 Å². The van der Waals surface area contributed by atoms with Gasteiger partial charge in [-0.1, -0.05) is 50.4 Å². The van der Waals surface area contributed by atoms with E-state index in [-0.39, 0.29) is 11.3 Å². The number of Topliss-reactive ketones (excluding diaryl/α,β-unsaturated/α-hetero) is 1. The van der Waals surface area contributed by atoms with E-state index in [9.17, 15) is 19.5 Å². The van der Waals surface area contributed by atoms with Gasteiger partial charge in [0.05, 0.1) is 24.3 Å². The molecule has 0 bridgehead atoms. The van der Waals surface area contributed by atoms with E-state index in [1.807, 2.05) is 0 Å². The van der Waals surface area contributed by atoms with Crippen molar-refractivity contribution in [2.75, 3.05) is 33.3 Å². The first-order valence-corrected chi connectivity index (χ1v) is 13.6. The molecule has 0 radical (unpaired) electrons. The number of ketones is 1. The monoisotopic (exact) mass is 540 g/mol. The number of rotatable bonds is 13. The predicted octanol–water partition coefficient (Wildman–Crippen LogP) is 5.84. The van der Waals surface area contributed by atoms with Crippen molar-refractivity contribution in [1.29, 1.82) is 0 Å². The average molecular weight is 541 g/mol. The zero-order valence-corrected chi connectivity index (χ0v) is 23.2. The zero-order valence-electron chi connectivity index (χ0n) is 22.4. The van der Waals surface area contributed by atoms with E-state index in [4.69, 9.17) is 16.3 Å². The van der Waals surface area contributed by atoms with E-state index in [0.29, 0.717) is 34.7 Å². The predicted molar refractivity (Wildman–Crippen MR) is 149 cm³/mol. The van der Waals surface area contributed by atoms with E-state index in [0.717, 1.165) is 45.3 Å². The third-order valence-electron chi connectivity index (χ3n) is 6.83. The number of methoxy groups -OCH3 is 1. The first-order valence-electron chi connectivity index (χ1n) is 13.3. The minimum Gasteiger partial charge on any atom is -0.507 e. The third kappa shape index (κ3) is 7.03. The number of benzene rings is 2. The SMILES string of the molecule is CCCCN(CCCC)CCCN1C(=O)C(=O)C(=C(O)c2ccc(Cl)cc2)[C@H]1c1ccc(C(=O)OC)cc1. The van der Waals surface area contributed by atoms with Crippen LogP contribution in [0.25, 0.3) is 5.76 Å². The Morgan fingerprint density at radius 1 is 0.921 bits per heavy atom. The Hall–Kier alpha value is -3.16. The molecule has 3 rings (SSSR count). The summed E-state index contributed by atoms with van der Waals surface area (Å²) in [6, 6.07) is 12.3. The largest absolute Gasteiger partial charge is 0.507 e. The maximum atomic E-state index is 13.3. The van der Waals surface area contributed by atoms with E-state index in [1.165, 1.54) is 12.0 Å². The summed E-state index contributed by atoms with van der Waals surface area (Å²) in [6.45, 7) is 7.52. The smallest absolute Gasteiger partial charge is 0.337 e. The standard InChI is InChI=1S/C30H37ClN2O5/c1-4-6-17-32(18-7-5-2)19-8-20-33-26(21-9-11-23(12-10-21)30(37)38-3)25(28(35)29(33)36)27(34)22-13-15-24(31)16-14-22/h9-16,26,34H,4-8,17-20H2,1-3H3/t26-/m1/s1. The molecule has 8 heteroatoms. The van der Waals surface area contributed by atoms with Crippen molar-refractivity contribution < 1.29 is 24.2 Å². The van der Waals surface area contributed by atoms with Crippen LogP contribution in [0.2, 0.25) is 5.02 Å². The average Bonchev–Trinajstić information content (AvgIpc) is 3.18. The Morgan fingerprint density at radius 2 is 1.47 bits per heavy atom. The van der Waals surface area contributed by atoms with Gasteiger partial charge in [0.2, 0.25) is 0 Å². The van der Waals surface area contributed by atoms with Crippen molar-refractivity contribution in [1.82, 2.24) is 9.80 Å². The Bertz CT molecular complexity index is 1140. The van der Waals surface area contributed by atoms with Crippen molar-refractivity contribution in [3.8, 4) is 0 Å². The number of hydrogen-bond donors (Lipinski definition) is 1. The van der Waals surface area contributed by atoms with Crippen LogP contribution in [0.15, 0.2) is 54.1 Å². The molecule has 0 unspecified atom stereocenters. The number of unbranched alkanes of at least 4 members (excludes halogenated alkanes) is 2. The molecule has 1 fully saturated rings. The van der Waals surface area contributed by atoms with Crippen molar-refractivity contribution >= 4 is 35.0 Å². The fourth-order valence-corrected chi connectivity index (χ4v) is 4.83. The Balaban J connectivity index is 1.94. The second-order valence-electron chi connectivity index (χ2n) is 9.52. The molecule has 2 aromatic carbocycles. The van der Waals surface area contributed by atoms with E-state index >= 15 is 0 Å². The summed E-state index contributed by atoms with van der Waals surface area (Å²) in [5, 5.41) is 11.7. The molecule has 1 amide bonds. The van der Waals surface area contributed by atoms with Crippen molar-refractivity contribution in [2.45, 2.75) is 52.0 Å². The summed E-state index contributed by atoms with van der Waals surface area (Å²) in [7, 11) is 1.31. The highest BCUT2D eigenvalue weighted by Crippen LogP contribution is 2.39. The maximum Gasteiger partial charge on any atom is 0.337 e. The fourth-order valence-electron chi connectivity index (χ4n) is 4.70. The highest BCUT2D eigenvalue weighted by molar-refractivity contribution is 6.46. The summed E-state index contributed by atoms with van der Waals surface area (Å²) in [5.41, 5.74) is 1.40. The normalized spacial score (nSPS) is 16.9. The van der Waals surface area contributed by atoms with Gasteiger partial charge in [0.25, 0.3) is 11.7 Å². The number of halogens is 1. The van der Waals surface area contributed by atoms with Gasteiger partial charge in [-0.25, -0.2) is 4.79 Å². The summed E-state index contributed by atoms with van der Waals surface area (Å²) in [5.74, 6) is -2.10. The summed E-state index contributed by atoms with van der Waals surface area (Å²) >= 11 is 6.01. The first kappa shape index (κ1) is 29.4. The van der Waals surface area contributed by atoms with Crippen LogP contribution in [0.3, 0.4) is 0 Å². The molecule has 1 atom stereocenters. The highest BCUT2D eigenvalue weighted by atomic mass is 35.5. The van der Waals surface area contributed by atoms with Gasteiger partial charge in [0, 0.05) is 17.1 Å². The lowest BCUT2D eigenvalue weighted by atomic mass is 9.94. The van der Waals surface area contributed by atoms with Crippen LogP contribution in [0.1, 0.15) is 73.5 Å². The molecule has 7 nitrogen and oxygen atoms in total. The van der Waals surface area contributed by atoms with Gasteiger partial charge >= 0.3 is 5.97 Å². The third-order valence-corrected chi connectivity index (χ3v) is 7.09. The molecule has 0 saturated carbocycles. The fraction of sp³-hybridized carbons (Fsp3) is 0.433. The minimum atomic E-state index is -0.780. The number of esters is 1. The highest BCUT2D eigenvalue weighted by Gasteiger charge is 2.45. The number of amides is 1. The molecule has 0 aliphatic carbocycles. The second-order valence-corrected chi connectivity index (χ2v) is 9.95. The van der Waals surface area contributed by atoms with Gasteiger partial charge in [0.1, 0.15) is 5.76 Å². The van der Waals surface area contributed by atoms with Gasteiger partial charge in [-0.15, -0.1) is 0 Å². The Morgan fingerprint density at radius 3 is 2.03 bits per heavy atom. The summed E-state index contributed by atoms with van der Waals surface area (Å²) in [6.07, 6.45) is 5.15. The molecule has 0 spiro atoms. The molecular formula is C30H37ClN2O5. The van der Waals surface area contributed by atoms with Crippen molar-refractivity contribution in [3.05, 3.63) is 75.8 Å². The van der Waals surface area contributed by atoms with Crippen LogP contribution in [-0.2, 0) is 14.3 Å². The van der Waals surface area contributed by atoms with E-state index in [2.05, 4.69) is 18.7 Å². The number of nitrogens with zero attached hydrogens (tertiary/aromatic N) is 2. The number of hydrogen-bond acceptors (Lipinski definition) is 6. The number of carbonyl (C=O) groups excluding carboxylic acids is 3. The number of carbonyl (C=O) groups is 3. The van der Waals surface area contributed by atoms with E-state index < -0.39 is 23.7 Å². The van der Waals surface area contributed by atoms with Gasteiger partial charge in [-0.3, -0.25) is 9.59 Å². The lowest BCUT2D eigenvalue weighted by molar-refractivity contribution is -0.140. The van der Waals surface area contributed by atoms with Gasteiger partial charge < -0.3 is 19.6 Å². The van der Waals surface area contributed by atoms with Crippen LogP contribution in [0.5, 0.6) is 0 Å². The molecule has 1 heterocycles. The molecule has 0 aromatic heterocycles. The summed E-state index contributed by atoms with van der Waals surface area (Å²) < 4.78 is 4.79. The molecule has 2 aromatic rings. The minimum absolute atomic E-state index is 0.0250. The molecule has 1 aliphatic heterocycles. The van der Waals surface area contributed by atoms with E-state index in [1.54, 1.807) is 48.5 Å². The van der Waals surface area contributed by atoms with Gasteiger partial charge in [0.15, 0.2) is 0 Å². The number of likely N-dealkylation sites (tertiary alicyclic amines) is 1. The van der Waals surface area contributed by atoms with Crippen LogP contribution in [0, 0.1) is 0 Å².